The van der Waals surface area contributed by atoms with E-state index in [1.54, 1.807) is 6.08 Å². The molecule has 2 aromatic rings. The van der Waals surface area contributed by atoms with Crippen LogP contribution in [0.3, 0.4) is 0 Å². The maximum Gasteiger partial charge on any atom is 0.363 e. The summed E-state index contributed by atoms with van der Waals surface area (Å²) in [5, 5.41) is 0. The Morgan fingerprint density at radius 1 is 1.00 bits per heavy atom. The van der Waals surface area contributed by atoms with Gasteiger partial charge in [0.2, 0.25) is 5.90 Å². The van der Waals surface area contributed by atoms with Crippen LogP contribution in [0.4, 0.5) is 0 Å². The number of esters is 1. The molecule has 3 nitrogen and oxygen atoms in total. The summed E-state index contributed by atoms with van der Waals surface area (Å²) < 4.78 is 5.26. The lowest BCUT2D eigenvalue weighted by Crippen LogP contribution is -2.06. The van der Waals surface area contributed by atoms with Gasteiger partial charge in [-0.25, -0.2) is 9.79 Å². The van der Waals surface area contributed by atoms with Gasteiger partial charge < -0.3 is 4.74 Å². The minimum atomic E-state index is -0.410. The Kier molecular flexibility index (Phi) is 3.17. The van der Waals surface area contributed by atoms with E-state index in [9.17, 15) is 4.79 Å². The summed E-state index contributed by atoms with van der Waals surface area (Å²) >= 11 is 0. The van der Waals surface area contributed by atoms with Crippen molar-refractivity contribution in [2.24, 2.45) is 4.99 Å². The van der Waals surface area contributed by atoms with Crippen LogP contribution in [0.1, 0.15) is 16.7 Å². The van der Waals surface area contributed by atoms with Crippen molar-refractivity contribution < 1.29 is 9.53 Å². The van der Waals surface area contributed by atoms with Gasteiger partial charge in [-0.2, -0.15) is 0 Å². The zero-order valence-electron chi connectivity index (χ0n) is 11.0. The Bertz CT molecular complexity index is 715. The summed E-state index contributed by atoms with van der Waals surface area (Å²) in [6, 6.07) is 17.3. The summed E-state index contributed by atoms with van der Waals surface area (Å²) in [4.78, 5) is 16.2. The van der Waals surface area contributed by atoms with Gasteiger partial charge in [0.05, 0.1) is 0 Å². The molecule has 0 N–H and O–H groups in total. The largest absolute Gasteiger partial charge is 0.402 e. The molecule has 2 aromatic carbocycles. The van der Waals surface area contributed by atoms with Crippen molar-refractivity contribution in [1.82, 2.24) is 0 Å². The van der Waals surface area contributed by atoms with Crippen molar-refractivity contribution >= 4 is 17.9 Å². The van der Waals surface area contributed by atoms with Crippen LogP contribution in [-0.4, -0.2) is 11.9 Å². The van der Waals surface area contributed by atoms with E-state index in [0.29, 0.717) is 11.6 Å². The fraction of sp³-hybridized carbons (Fsp3) is 0.0588. The zero-order valence-corrected chi connectivity index (χ0v) is 11.0. The van der Waals surface area contributed by atoms with E-state index in [-0.39, 0.29) is 0 Å². The second-order valence-electron chi connectivity index (χ2n) is 4.56. The predicted octanol–water partition coefficient (Wildman–Crippen LogP) is 3.34. The van der Waals surface area contributed by atoms with E-state index in [4.69, 9.17) is 4.74 Å². The Hall–Kier alpha value is -2.68. The van der Waals surface area contributed by atoms with Gasteiger partial charge in [0.15, 0.2) is 5.70 Å². The molecule has 0 saturated heterocycles. The first-order chi connectivity index (χ1) is 9.74. The molecule has 0 aromatic heterocycles. The van der Waals surface area contributed by atoms with Gasteiger partial charge in [-0.15, -0.1) is 0 Å². The first-order valence-corrected chi connectivity index (χ1v) is 6.37. The molecule has 1 aliphatic heterocycles. The molecule has 98 valence electrons. The van der Waals surface area contributed by atoms with Crippen molar-refractivity contribution in [2.75, 3.05) is 0 Å². The lowest BCUT2D eigenvalue weighted by Gasteiger charge is -2.02. The maximum atomic E-state index is 11.9. The van der Waals surface area contributed by atoms with E-state index < -0.39 is 5.97 Å². The average molecular weight is 263 g/mol. The first kappa shape index (κ1) is 12.4. The SMILES string of the molecule is Cc1ccccc1C1=N/C(=C\c2ccccc2)C(=O)O1. The van der Waals surface area contributed by atoms with Gasteiger partial charge in [0.1, 0.15) is 0 Å². The maximum absolute atomic E-state index is 11.9. The number of cyclic esters (lactones) is 1. The third kappa shape index (κ3) is 2.38. The van der Waals surface area contributed by atoms with E-state index >= 15 is 0 Å². The quantitative estimate of drug-likeness (QED) is 0.615. The molecule has 20 heavy (non-hydrogen) atoms. The summed E-state index contributed by atoms with van der Waals surface area (Å²) in [7, 11) is 0. The number of carbonyl (C=O) groups excluding carboxylic acids is 1. The van der Waals surface area contributed by atoms with E-state index in [1.807, 2.05) is 61.5 Å². The fourth-order valence-electron chi connectivity index (χ4n) is 2.04. The fourth-order valence-corrected chi connectivity index (χ4v) is 2.04. The van der Waals surface area contributed by atoms with Gasteiger partial charge in [-0.1, -0.05) is 48.5 Å². The Morgan fingerprint density at radius 3 is 2.45 bits per heavy atom. The molecular formula is C17H13NO2. The van der Waals surface area contributed by atoms with Crippen LogP contribution in [0, 0.1) is 6.92 Å². The molecule has 0 unspecified atom stereocenters. The highest BCUT2D eigenvalue weighted by atomic mass is 16.6. The molecule has 0 atom stereocenters. The average Bonchev–Trinajstić information content (AvgIpc) is 2.81. The van der Waals surface area contributed by atoms with Crippen LogP contribution in [-0.2, 0) is 9.53 Å². The summed E-state index contributed by atoms with van der Waals surface area (Å²) in [5.41, 5.74) is 3.13. The number of aryl methyl sites for hydroxylation is 1. The first-order valence-electron chi connectivity index (χ1n) is 6.37. The lowest BCUT2D eigenvalue weighted by molar-refractivity contribution is -0.129. The second kappa shape index (κ2) is 5.13. The topological polar surface area (TPSA) is 38.7 Å². The van der Waals surface area contributed by atoms with E-state index in [1.165, 1.54) is 0 Å². The smallest absolute Gasteiger partial charge is 0.363 e. The van der Waals surface area contributed by atoms with E-state index in [2.05, 4.69) is 4.99 Å². The molecule has 1 aliphatic rings. The van der Waals surface area contributed by atoms with Gasteiger partial charge in [0.25, 0.3) is 0 Å². The Balaban J connectivity index is 1.98. The number of carbonyl (C=O) groups is 1. The highest BCUT2D eigenvalue weighted by Crippen LogP contribution is 2.20. The Labute approximate surface area is 117 Å². The predicted molar refractivity (Wildman–Crippen MR) is 78.2 cm³/mol. The number of aliphatic imine (C=N–C) groups is 1. The lowest BCUT2D eigenvalue weighted by atomic mass is 10.1. The molecular weight excluding hydrogens is 250 g/mol. The van der Waals surface area contributed by atoms with E-state index in [0.717, 1.165) is 16.7 Å². The third-order valence-corrected chi connectivity index (χ3v) is 3.10. The molecule has 0 bridgehead atoms. The second-order valence-corrected chi connectivity index (χ2v) is 4.56. The van der Waals surface area contributed by atoms with Gasteiger partial charge in [0, 0.05) is 5.56 Å². The van der Waals surface area contributed by atoms with Crippen molar-refractivity contribution in [2.45, 2.75) is 6.92 Å². The molecule has 1 heterocycles. The molecule has 0 saturated carbocycles. The molecule has 0 spiro atoms. The van der Waals surface area contributed by atoms with Crippen LogP contribution in [0.2, 0.25) is 0 Å². The van der Waals surface area contributed by atoms with Crippen LogP contribution < -0.4 is 0 Å². The van der Waals surface area contributed by atoms with Crippen LogP contribution >= 0.6 is 0 Å². The minimum absolute atomic E-state index is 0.328. The molecule has 0 fully saturated rings. The van der Waals surface area contributed by atoms with Crippen LogP contribution in [0.5, 0.6) is 0 Å². The van der Waals surface area contributed by atoms with Crippen LogP contribution in [0.15, 0.2) is 65.3 Å². The molecule has 0 amide bonds. The number of benzene rings is 2. The highest BCUT2D eigenvalue weighted by Gasteiger charge is 2.24. The van der Waals surface area contributed by atoms with Crippen molar-refractivity contribution in [3.8, 4) is 0 Å². The minimum Gasteiger partial charge on any atom is -0.402 e. The number of hydrogen-bond donors (Lipinski definition) is 0. The van der Waals surface area contributed by atoms with Crippen molar-refractivity contribution in [1.29, 1.82) is 0 Å². The summed E-state index contributed by atoms with van der Waals surface area (Å²) in [6.07, 6.45) is 1.73. The standard InChI is InChI=1S/C17H13NO2/c1-12-7-5-6-10-14(12)16-18-15(17(19)20-16)11-13-8-3-2-4-9-13/h2-11H,1H3/b15-11-. The molecule has 0 radical (unpaired) electrons. The Morgan fingerprint density at radius 2 is 1.70 bits per heavy atom. The molecule has 3 heteroatoms. The molecule has 3 rings (SSSR count). The number of ether oxygens (including phenoxy) is 1. The summed E-state index contributed by atoms with van der Waals surface area (Å²) in [6.45, 7) is 1.96. The molecule has 0 aliphatic carbocycles. The summed E-state index contributed by atoms with van der Waals surface area (Å²) in [5.74, 6) is -0.0395. The van der Waals surface area contributed by atoms with Crippen LogP contribution in [0.25, 0.3) is 6.08 Å². The van der Waals surface area contributed by atoms with Gasteiger partial charge >= 0.3 is 5.97 Å². The van der Waals surface area contributed by atoms with Gasteiger partial charge in [-0.3, -0.25) is 0 Å². The van der Waals surface area contributed by atoms with Gasteiger partial charge in [-0.05, 0) is 30.2 Å². The third-order valence-electron chi connectivity index (χ3n) is 3.10. The monoisotopic (exact) mass is 263 g/mol. The zero-order chi connectivity index (χ0) is 13.9. The number of nitrogens with zero attached hydrogens (tertiary/aromatic N) is 1. The van der Waals surface area contributed by atoms with Crippen molar-refractivity contribution in [3.63, 3.8) is 0 Å². The van der Waals surface area contributed by atoms with Crippen molar-refractivity contribution in [3.05, 3.63) is 77.0 Å². The number of rotatable bonds is 2. The normalized spacial score (nSPS) is 16.1. The highest BCUT2D eigenvalue weighted by molar-refractivity contribution is 6.13. The number of hydrogen-bond acceptors (Lipinski definition) is 3.